The van der Waals surface area contributed by atoms with E-state index in [1.807, 2.05) is 36.4 Å². The molecule has 16 nitrogen and oxygen atoms in total. The summed E-state index contributed by atoms with van der Waals surface area (Å²) in [7, 11) is 0. The quantitative estimate of drug-likeness (QED) is 0.0616. The Kier molecular flexibility index (Phi) is 12.5. The maximum atomic E-state index is 14.0. The van der Waals surface area contributed by atoms with Crippen molar-refractivity contribution in [3.05, 3.63) is 102 Å². The fourth-order valence-electron chi connectivity index (χ4n) is 8.16. The molecule has 0 saturated carbocycles. The van der Waals surface area contributed by atoms with Gasteiger partial charge in [-0.15, -0.1) is 5.10 Å². The number of hydrogen-bond acceptors (Lipinski definition) is 12. The van der Waals surface area contributed by atoms with Crippen LogP contribution in [0.5, 0.6) is 0 Å². The summed E-state index contributed by atoms with van der Waals surface area (Å²) in [5.74, 6) is -0.923. The van der Waals surface area contributed by atoms with Crippen LogP contribution in [0.25, 0.3) is 17.0 Å². The zero-order valence-electron chi connectivity index (χ0n) is 33.7. The van der Waals surface area contributed by atoms with E-state index in [2.05, 4.69) is 36.5 Å². The first-order chi connectivity index (χ1) is 29.7. The Balaban J connectivity index is 0.709. The molecular formula is C44H48FN11O5. The minimum Gasteiger partial charge on any atom is -0.385 e. The van der Waals surface area contributed by atoms with Crippen LogP contribution in [0.3, 0.4) is 0 Å². The first-order valence-corrected chi connectivity index (χ1v) is 20.9. The highest BCUT2D eigenvalue weighted by Crippen LogP contribution is 2.36. The van der Waals surface area contributed by atoms with Gasteiger partial charge < -0.3 is 26.2 Å². The van der Waals surface area contributed by atoms with E-state index in [1.165, 1.54) is 6.07 Å². The number of carbonyl (C=O) groups excluding carboxylic acids is 5. The van der Waals surface area contributed by atoms with E-state index < -0.39 is 29.7 Å². The Bertz CT molecular complexity index is 2460. The van der Waals surface area contributed by atoms with Crippen molar-refractivity contribution in [3.63, 3.8) is 0 Å². The van der Waals surface area contributed by atoms with Crippen LogP contribution >= 0.6 is 0 Å². The lowest BCUT2D eigenvalue weighted by Crippen LogP contribution is -2.54. The van der Waals surface area contributed by atoms with E-state index in [0.717, 1.165) is 67.0 Å². The first kappa shape index (κ1) is 41.0. The minimum absolute atomic E-state index is 0.0473. The number of fused-ring (bicyclic) bond motifs is 2. The molecule has 1 unspecified atom stereocenters. The molecule has 0 aliphatic carbocycles. The molecule has 316 valence electrons. The fourth-order valence-corrected chi connectivity index (χ4v) is 8.16. The van der Waals surface area contributed by atoms with Crippen LogP contribution in [-0.2, 0) is 14.4 Å². The zero-order chi connectivity index (χ0) is 42.3. The van der Waals surface area contributed by atoms with Crippen LogP contribution in [0, 0.1) is 5.82 Å². The predicted octanol–water partition coefficient (Wildman–Crippen LogP) is 4.46. The number of piperidine rings is 1. The van der Waals surface area contributed by atoms with Gasteiger partial charge in [0.15, 0.2) is 5.65 Å². The average Bonchev–Trinajstić information content (AvgIpc) is 3.98. The molecule has 2 fully saturated rings. The number of rotatable bonds is 18. The third-order valence-electron chi connectivity index (χ3n) is 11.2. The number of imidazole rings is 1. The molecule has 5 aromatic rings. The standard InChI is InChI=1S/C44H48FN11O5/c45-29-9-5-8-28(24-29)34-11-7-23-54(34)39-17-16-38-50-26-36(56(38)53-39)33-10-6-12-37(51-33)48-22-21-46-27-41(58)49-20-4-2-1-3-19-47-30-13-14-31-32(25-30)44(61)55(43(31)60)35-15-18-40(57)52-42(35)59/h5-6,8-10,12-14,16-17,24-26,34-35,46-47H,1-4,7,11,15,18-23,27H2,(H,48,51)(H,49,58)(H,52,57,59)/t34-,35?/m1/s1. The Morgan fingerprint density at radius 1 is 0.820 bits per heavy atom. The molecule has 17 heteroatoms. The third kappa shape index (κ3) is 9.36. The maximum absolute atomic E-state index is 14.0. The van der Waals surface area contributed by atoms with Gasteiger partial charge in [-0.25, -0.2) is 18.9 Å². The minimum atomic E-state index is -0.990. The molecule has 0 bridgehead atoms. The van der Waals surface area contributed by atoms with Crippen molar-refractivity contribution in [2.75, 3.05) is 54.8 Å². The summed E-state index contributed by atoms with van der Waals surface area (Å²) in [4.78, 5) is 74.7. The molecule has 5 amide bonds. The Labute approximate surface area is 351 Å². The molecular weight excluding hydrogens is 782 g/mol. The summed E-state index contributed by atoms with van der Waals surface area (Å²) in [5, 5.41) is 19.9. The first-order valence-electron chi connectivity index (χ1n) is 20.9. The van der Waals surface area contributed by atoms with E-state index in [0.29, 0.717) is 49.0 Å². The molecule has 2 aromatic carbocycles. The number of hydrogen-bond donors (Lipinski definition) is 5. The van der Waals surface area contributed by atoms with Crippen molar-refractivity contribution in [1.29, 1.82) is 0 Å². The average molecular weight is 830 g/mol. The van der Waals surface area contributed by atoms with E-state index in [1.54, 1.807) is 41.0 Å². The Morgan fingerprint density at radius 2 is 1.66 bits per heavy atom. The number of amides is 5. The van der Waals surface area contributed by atoms with Gasteiger partial charge in [-0.05, 0) is 92.3 Å². The van der Waals surface area contributed by atoms with Crippen molar-refractivity contribution in [2.24, 2.45) is 0 Å². The Morgan fingerprint density at radius 3 is 2.51 bits per heavy atom. The number of benzene rings is 2. The van der Waals surface area contributed by atoms with Gasteiger partial charge in [0.2, 0.25) is 17.7 Å². The van der Waals surface area contributed by atoms with Crippen molar-refractivity contribution in [1.82, 2.24) is 40.4 Å². The van der Waals surface area contributed by atoms with Gasteiger partial charge in [0.05, 0.1) is 35.6 Å². The smallest absolute Gasteiger partial charge is 0.262 e. The highest BCUT2D eigenvalue weighted by Gasteiger charge is 2.44. The molecule has 6 heterocycles. The molecule has 3 aromatic heterocycles. The topological polar surface area (TPSA) is 195 Å². The summed E-state index contributed by atoms with van der Waals surface area (Å²) < 4.78 is 15.8. The van der Waals surface area contributed by atoms with Gasteiger partial charge in [-0.2, -0.15) is 0 Å². The maximum Gasteiger partial charge on any atom is 0.262 e. The van der Waals surface area contributed by atoms with Crippen LogP contribution in [0.4, 0.5) is 21.7 Å². The number of anilines is 3. The summed E-state index contributed by atoms with van der Waals surface area (Å²) in [5.41, 5.74) is 4.31. The fraction of sp³-hybridized carbons (Fsp3) is 0.364. The largest absolute Gasteiger partial charge is 0.385 e. The molecule has 8 rings (SSSR count). The summed E-state index contributed by atoms with van der Waals surface area (Å²) >= 11 is 0. The highest BCUT2D eigenvalue weighted by molar-refractivity contribution is 6.23. The number of unbranched alkanes of at least 4 members (excludes halogenated alkanes) is 3. The zero-order valence-corrected chi connectivity index (χ0v) is 33.7. The van der Waals surface area contributed by atoms with Crippen molar-refractivity contribution in [3.8, 4) is 11.4 Å². The van der Waals surface area contributed by atoms with Gasteiger partial charge >= 0.3 is 0 Å². The van der Waals surface area contributed by atoms with Crippen molar-refractivity contribution in [2.45, 2.75) is 63.5 Å². The molecule has 61 heavy (non-hydrogen) atoms. The SMILES string of the molecule is O=C(CNCCNc1cccc(-c2cnc3ccc(N4CCC[C@@H]4c4cccc(F)c4)nn23)n1)NCCCCCCNc1ccc2c(c1)C(=O)N(C1CCC(=O)NC1=O)C2=O. The molecule has 3 aliphatic heterocycles. The second-order valence-electron chi connectivity index (χ2n) is 15.4. The number of nitrogens with one attached hydrogen (secondary N) is 5. The molecule has 0 radical (unpaired) electrons. The van der Waals surface area contributed by atoms with E-state index in [-0.39, 0.29) is 48.3 Å². The van der Waals surface area contributed by atoms with Gasteiger partial charge in [-0.3, -0.25) is 34.2 Å². The van der Waals surface area contributed by atoms with Crippen LogP contribution in [-0.4, -0.2) is 99.3 Å². The third-order valence-corrected chi connectivity index (χ3v) is 11.2. The van der Waals surface area contributed by atoms with Gasteiger partial charge in [0.1, 0.15) is 29.2 Å². The lowest BCUT2D eigenvalue weighted by molar-refractivity contribution is -0.136. The number of carbonyl (C=O) groups is 5. The lowest BCUT2D eigenvalue weighted by Gasteiger charge is -2.27. The molecule has 5 N–H and O–H groups in total. The Hall–Kier alpha value is -6.75. The predicted molar refractivity (Wildman–Crippen MR) is 226 cm³/mol. The lowest BCUT2D eigenvalue weighted by atomic mass is 10.0. The van der Waals surface area contributed by atoms with Crippen molar-refractivity contribution < 1.29 is 28.4 Å². The summed E-state index contributed by atoms with van der Waals surface area (Å²) in [6, 6.07) is 20.4. The van der Waals surface area contributed by atoms with Crippen LogP contribution in [0.2, 0.25) is 0 Å². The second kappa shape index (κ2) is 18.7. The molecule has 2 saturated heterocycles. The van der Waals surface area contributed by atoms with E-state index in [9.17, 15) is 28.4 Å². The van der Waals surface area contributed by atoms with Gasteiger partial charge in [0, 0.05) is 44.8 Å². The molecule has 0 spiro atoms. The van der Waals surface area contributed by atoms with Gasteiger partial charge in [-0.1, -0.05) is 31.0 Å². The number of halogens is 1. The summed E-state index contributed by atoms with van der Waals surface area (Å²) in [6.45, 7) is 3.39. The van der Waals surface area contributed by atoms with Gasteiger partial charge in [0.25, 0.3) is 11.8 Å². The number of aromatic nitrogens is 4. The van der Waals surface area contributed by atoms with E-state index in [4.69, 9.17) is 10.1 Å². The number of nitrogens with zero attached hydrogens (tertiary/aromatic N) is 6. The summed E-state index contributed by atoms with van der Waals surface area (Å²) in [6.07, 6.45) is 7.47. The van der Waals surface area contributed by atoms with Crippen LogP contribution < -0.4 is 31.5 Å². The van der Waals surface area contributed by atoms with E-state index >= 15 is 0 Å². The molecule has 3 aliphatic rings. The highest BCUT2D eigenvalue weighted by atomic mass is 19.1. The van der Waals surface area contributed by atoms with Crippen LogP contribution in [0.15, 0.2) is 79.0 Å². The number of imide groups is 2. The van der Waals surface area contributed by atoms with Crippen molar-refractivity contribution >= 4 is 52.5 Å². The molecule has 2 atom stereocenters. The number of pyridine rings is 1. The second-order valence-corrected chi connectivity index (χ2v) is 15.4. The monoisotopic (exact) mass is 829 g/mol. The normalized spacial score (nSPS) is 17.5. The van der Waals surface area contributed by atoms with Crippen LogP contribution in [0.1, 0.15) is 83.7 Å².